The molecule has 1 aliphatic rings. The van der Waals surface area contributed by atoms with Crippen LogP contribution in [0.25, 0.3) is 0 Å². The number of carboxylic acids is 2. The summed E-state index contributed by atoms with van der Waals surface area (Å²) in [7, 11) is 0. The summed E-state index contributed by atoms with van der Waals surface area (Å²) in [6.07, 6.45) is 1.04. The first-order chi connectivity index (χ1) is 7.41. The van der Waals surface area contributed by atoms with Crippen LogP contribution in [-0.4, -0.2) is 29.3 Å². The molecule has 1 aliphatic carbocycles. The van der Waals surface area contributed by atoms with Crippen LogP contribution in [0.5, 0.6) is 0 Å². The maximum atomic E-state index is 10.5. The van der Waals surface area contributed by atoms with Gasteiger partial charge in [-0.25, -0.2) is 0 Å². The van der Waals surface area contributed by atoms with Crippen molar-refractivity contribution in [3.05, 3.63) is 36.1 Å². The molecular formula is C10H8O6-2. The van der Waals surface area contributed by atoms with Crippen LogP contribution >= 0.6 is 0 Å². The lowest BCUT2D eigenvalue weighted by Crippen LogP contribution is -2.35. The van der Waals surface area contributed by atoms with Crippen LogP contribution in [0.3, 0.4) is 0 Å². The third-order valence-corrected chi connectivity index (χ3v) is 1.90. The van der Waals surface area contributed by atoms with Crippen LogP contribution in [0, 0.1) is 0 Å². The minimum Gasteiger partial charge on any atom is -0.545 e. The van der Waals surface area contributed by atoms with E-state index in [1.807, 2.05) is 0 Å². The summed E-state index contributed by atoms with van der Waals surface area (Å²) in [5.41, 5.74) is -0.207. The molecular weight excluding hydrogens is 216 g/mol. The van der Waals surface area contributed by atoms with Crippen molar-refractivity contribution in [2.45, 2.75) is 12.2 Å². The Labute approximate surface area is 90.8 Å². The number of aliphatic hydroxyl groups is 1. The van der Waals surface area contributed by atoms with Crippen molar-refractivity contribution in [1.29, 1.82) is 0 Å². The van der Waals surface area contributed by atoms with Gasteiger partial charge in [-0.1, -0.05) is 18.7 Å². The second-order valence-corrected chi connectivity index (χ2v) is 3.05. The summed E-state index contributed by atoms with van der Waals surface area (Å²) in [6.45, 7) is 3.04. The molecule has 1 rings (SSSR count). The fraction of sp³-hybridized carbons (Fsp3) is 0.200. The van der Waals surface area contributed by atoms with Gasteiger partial charge in [-0.2, -0.15) is 0 Å². The van der Waals surface area contributed by atoms with E-state index < -0.39 is 29.9 Å². The lowest BCUT2D eigenvalue weighted by molar-refractivity contribution is -0.303. The van der Waals surface area contributed by atoms with Crippen LogP contribution in [0.15, 0.2) is 36.1 Å². The van der Waals surface area contributed by atoms with Gasteiger partial charge in [-0.15, -0.1) is 0 Å². The van der Waals surface area contributed by atoms with E-state index in [2.05, 4.69) is 6.58 Å². The van der Waals surface area contributed by atoms with Crippen molar-refractivity contribution >= 4 is 11.9 Å². The van der Waals surface area contributed by atoms with Gasteiger partial charge < -0.3 is 29.6 Å². The highest BCUT2D eigenvalue weighted by Gasteiger charge is 2.21. The van der Waals surface area contributed by atoms with E-state index in [1.54, 1.807) is 0 Å². The van der Waals surface area contributed by atoms with Gasteiger partial charge in [0.25, 0.3) is 0 Å². The van der Waals surface area contributed by atoms with E-state index >= 15 is 0 Å². The lowest BCUT2D eigenvalue weighted by Gasteiger charge is -2.24. The van der Waals surface area contributed by atoms with Gasteiger partial charge >= 0.3 is 0 Å². The maximum Gasteiger partial charge on any atom is 0.147 e. The van der Waals surface area contributed by atoms with E-state index in [0.29, 0.717) is 0 Å². The van der Waals surface area contributed by atoms with E-state index in [-0.39, 0.29) is 5.57 Å². The molecule has 0 spiro atoms. The number of hydrogen-bond donors (Lipinski definition) is 1. The fourth-order valence-corrected chi connectivity index (χ4v) is 1.10. The molecule has 0 aliphatic heterocycles. The van der Waals surface area contributed by atoms with E-state index in [9.17, 15) is 24.9 Å². The molecule has 0 aromatic rings. The topological polar surface area (TPSA) is 110 Å². The summed E-state index contributed by atoms with van der Waals surface area (Å²) in [5.74, 6) is -3.77. The maximum absolute atomic E-state index is 10.5. The Bertz CT molecular complexity index is 392. The summed E-state index contributed by atoms with van der Waals surface area (Å²) in [4.78, 5) is 20.8. The van der Waals surface area contributed by atoms with Crippen molar-refractivity contribution in [2.24, 2.45) is 0 Å². The van der Waals surface area contributed by atoms with Crippen LogP contribution in [0.2, 0.25) is 0 Å². The smallest absolute Gasteiger partial charge is 0.147 e. The molecule has 6 nitrogen and oxygen atoms in total. The molecule has 0 heterocycles. The van der Waals surface area contributed by atoms with Crippen molar-refractivity contribution in [3.63, 3.8) is 0 Å². The Morgan fingerprint density at radius 1 is 1.44 bits per heavy atom. The molecule has 0 aromatic heterocycles. The van der Waals surface area contributed by atoms with Crippen LogP contribution in [0.1, 0.15) is 0 Å². The Morgan fingerprint density at radius 2 is 2.06 bits per heavy atom. The predicted octanol–water partition coefficient (Wildman–Crippen LogP) is -2.76. The van der Waals surface area contributed by atoms with Gasteiger partial charge in [0.1, 0.15) is 23.9 Å². The number of carboxylic acid groups (broad SMARTS) is 2. The molecule has 0 saturated heterocycles. The number of carbonyl (C=O) groups excluding carboxylic acids is 2. The Morgan fingerprint density at radius 3 is 2.56 bits per heavy atom. The van der Waals surface area contributed by atoms with E-state index in [4.69, 9.17) is 4.74 Å². The monoisotopic (exact) mass is 224 g/mol. The lowest BCUT2D eigenvalue weighted by atomic mass is 10.0. The highest BCUT2D eigenvalue weighted by atomic mass is 16.5. The first kappa shape index (κ1) is 12.0. The van der Waals surface area contributed by atoms with Crippen molar-refractivity contribution in [3.8, 4) is 0 Å². The Kier molecular flexibility index (Phi) is 3.47. The zero-order valence-corrected chi connectivity index (χ0v) is 8.08. The average molecular weight is 224 g/mol. The molecule has 2 atom stereocenters. The van der Waals surface area contributed by atoms with Crippen LogP contribution in [-0.2, 0) is 14.3 Å². The first-order valence-electron chi connectivity index (χ1n) is 4.28. The third-order valence-electron chi connectivity index (χ3n) is 1.90. The molecule has 1 N–H and O–H groups in total. The molecule has 6 heteroatoms. The number of aliphatic hydroxyl groups excluding tert-OH is 1. The minimum absolute atomic E-state index is 0.207. The Hall–Kier alpha value is -2.08. The first-order valence-corrected chi connectivity index (χ1v) is 4.28. The molecule has 0 bridgehead atoms. The average Bonchev–Trinajstić information content (AvgIpc) is 2.20. The van der Waals surface area contributed by atoms with Crippen molar-refractivity contribution in [1.82, 2.24) is 0 Å². The van der Waals surface area contributed by atoms with E-state index in [1.165, 1.54) is 0 Å². The molecule has 2 unspecified atom stereocenters. The summed E-state index contributed by atoms with van der Waals surface area (Å²) >= 11 is 0. The molecule has 0 amide bonds. The number of carbonyl (C=O) groups is 2. The van der Waals surface area contributed by atoms with Gasteiger partial charge in [-0.05, 0) is 11.6 Å². The van der Waals surface area contributed by atoms with Crippen molar-refractivity contribution < 1.29 is 29.6 Å². The quantitative estimate of drug-likeness (QED) is 0.409. The summed E-state index contributed by atoms with van der Waals surface area (Å²) in [5, 5.41) is 30.2. The zero-order chi connectivity index (χ0) is 12.3. The van der Waals surface area contributed by atoms with Gasteiger partial charge in [-0.3, -0.25) is 0 Å². The number of aliphatic carboxylic acids is 2. The largest absolute Gasteiger partial charge is 0.545 e. The highest BCUT2D eigenvalue weighted by Crippen LogP contribution is 2.16. The third kappa shape index (κ3) is 2.71. The second-order valence-electron chi connectivity index (χ2n) is 3.05. The summed E-state index contributed by atoms with van der Waals surface area (Å²) < 4.78 is 4.72. The summed E-state index contributed by atoms with van der Waals surface area (Å²) in [6, 6.07) is 0. The number of rotatable bonds is 4. The zero-order valence-electron chi connectivity index (χ0n) is 8.08. The Balaban J connectivity index is 2.80. The molecule has 0 fully saturated rings. The van der Waals surface area contributed by atoms with Gasteiger partial charge in [0, 0.05) is 0 Å². The van der Waals surface area contributed by atoms with E-state index in [0.717, 1.165) is 18.2 Å². The SMILES string of the molecule is C=C(OC1C=C(C(=O)[O-])C=CC1O)C(=O)[O-]. The van der Waals surface area contributed by atoms with Crippen molar-refractivity contribution in [2.75, 3.05) is 0 Å². The van der Waals surface area contributed by atoms with Gasteiger partial charge in [0.15, 0.2) is 0 Å². The molecule has 16 heavy (non-hydrogen) atoms. The van der Waals surface area contributed by atoms with Gasteiger partial charge in [0.05, 0.1) is 5.97 Å². The minimum atomic E-state index is -1.63. The van der Waals surface area contributed by atoms with Crippen LogP contribution in [0.4, 0.5) is 0 Å². The highest BCUT2D eigenvalue weighted by molar-refractivity contribution is 5.88. The van der Waals surface area contributed by atoms with Crippen LogP contribution < -0.4 is 10.2 Å². The predicted molar refractivity (Wildman–Crippen MR) is 47.3 cm³/mol. The molecule has 0 radical (unpaired) electrons. The fourth-order valence-electron chi connectivity index (χ4n) is 1.10. The van der Waals surface area contributed by atoms with Gasteiger partial charge in [0.2, 0.25) is 0 Å². The molecule has 86 valence electrons. The molecule has 0 saturated carbocycles. The molecule has 0 aromatic carbocycles. The number of ether oxygens (including phenoxy) is 1. The normalized spacial score (nSPS) is 23.4. The second kappa shape index (κ2) is 4.63. The standard InChI is InChI=1S/C10H10O6/c1-5(9(12)13)16-8-4-6(10(14)15)2-3-7(8)11/h2-4,7-8,11H,1H2,(H,12,13)(H,14,15)/p-2. The number of hydrogen-bond acceptors (Lipinski definition) is 6.